The number of carbonyl (C=O) groups is 1. The van der Waals surface area contributed by atoms with Crippen LogP contribution in [-0.4, -0.2) is 11.1 Å². The van der Waals surface area contributed by atoms with Crippen molar-refractivity contribution in [3.05, 3.63) is 42.0 Å². The van der Waals surface area contributed by atoms with Crippen LogP contribution in [0.15, 0.2) is 30.8 Å². The van der Waals surface area contributed by atoms with Gasteiger partial charge in [0.25, 0.3) is 0 Å². The highest BCUT2D eigenvalue weighted by Gasteiger charge is 2.03. The third kappa shape index (κ3) is 2.71. The highest BCUT2D eigenvalue weighted by Crippen LogP contribution is 2.16. The summed E-state index contributed by atoms with van der Waals surface area (Å²) in [6, 6.07) is 7.44. The molecular weight excluding hydrogens is 178 g/mol. The van der Waals surface area contributed by atoms with Crippen LogP contribution >= 0.6 is 0 Å². The van der Waals surface area contributed by atoms with Gasteiger partial charge in [-0.3, -0.25) is 4.79 Å². The molecule has 0 aliphatic rings. The maximum atomic E-state index is 10.4. The van der Waals surface area contributed by atoms with E-state index in [0.29, 0.717) is 12.1 Å². The van der Waals surface area contributed by atoms with Crippen LogP contribution in [0.1, 0.15) is 17.5 Å². The molecule has 0 atom stereocenters. The maximum absolute atomic E-state index is 10.4. The molecule has 3 N–H and O–H groups in total. The lowest BCUT2D eigenvalue weighted by molar-refractivity contribution is -0.135. The van der Waals surface area contributed by atoms with Crippen LogP contribution < -0.4 is 5.73 Å². The molecule has 0 aliphatic carbocycles. The Bertz CT molecular complexity index is 341. The Balaban J connectivity index is 2.76. The van der Waals surface area contributed by atoms with E-state index < -0.39 is 5.97 Å². The smallest absolute Gasteiger partial charge is 0.307 e. The molecule has 0 unspecified atom stereocenters. The standard InChI is InChI=1S/C11H13NO2/c1-8(6-11(13)14)10-4-2-9(7-12)3-5-10/h2-5H,1,6-7,12H2,(H,13,14). The van der Waals surface area contributed by atoms with Crippen molar-refractivity contribution in [1.82, 2.24) is 0 Å². The topological polar surface area (TPSA) is 63.3 Å². The molecule has 3 nitrogen and oxygen atoms in total. The Morgan fingerprint density at radius 2 is 1.93 bits per heavy atom. The van der Waals surface area contributed by atoms with Gasteiger partial charge >= 0.3 is 5.97 Å². The third-order valence-corrected chi connectivity index (χ3v) is 1.96. The molecule has 1 aromatic carbocycles. The molecule has 0 amide bonds. The predicted octanol–water partition coefficient (Wildman–Crippen LogP) is 1.63. The summed E-state index contributed by atoms with van der Waals surface area (Å²) >= 11 is 0. The fraction of sp³-hybridized carbons (Fsp3) is 0.182. The van der Waals surface area contributed by atoms with Gasteiger partial charge in [0.2, 0.25) is 0 Å². The third-order valence-electron chi connectivity index (χ3n) is 1.96. The van der Waals surface area contributed by atoms with Crippen molar-refractivity contribution in [2.24, 2.45) is 5.73 Å². The summed E-state index contributed by atoms with van der Waals surface area (Å²) in [6.45, 7) is 4.20. The average Bonchev–Trinajstić information content (AvgIpc) is 2.17. The minimum absolute atomic E-state index is 0.0258. The molecule has 14 heavy (non-hydrogen) atoms. The Hall–Kier alpha value is -1.61. The molecule has 0 saturated heterocycles. The Kier molecular flexibility index (Phi) is 3.42. The molecule has 0 saturated carbocycles. The predicted molar refractivity (Wildman–Crippen MR) is 55.6 cm³/mol. The molecule has 0 aromatic heterocycles. The van der Waals surface area contributed by atoms with Crippen LogP contribution in [0.3, 0.4) is 0 Å². The van der Waals surface area contributed by atoms with E-state index >= 15 is 0 Å². The Morgan fingerprint density at radius 1 is 1.36 bits per heavy atom. The van der Waals surface area contributed by atoms with E-state index in [1.165, 1.54) is 0 Å². The van der Waals surface area contributed by atoms with Crippen LogP contribution in [0.25, 0.3) is 5.57 Å². The number of nitrogens with two attached hydrogens (primary N) is 1. The molecular formula is C11H13NO2. The van der Waals surface area contributed by atoms with Gasteiger partial charge in [0.1, 0.15) is 0 Å². The number of aliphatic carboxylic acids is 1. The summed E-state index contributed by atoms with van der Waals surface area (Å²) in [4.78, 5) is 10.4. The summed E-state index contributed by atoms with van der Waals surface area (Å²) in [5, 5.41) is 8.57. The maximum Gasteiger partial charge on any atom is 0.307 e. The first kappa shape index (κ1) is 10.5. The van der Waals surface area contributed by atoms with Crippen LogP contribution in [0, 0.1) is 0 Å². The first-order valence-corrected chi connectivity index (χ1v) is 4.32. The SMILES string of the molecule is C=C(CC(=O)O)c1ccc(CN)cc1. The first-order chi connectivity index (χ1) is 6.63. The largest absolute Gasteiger partial charge is 0.481 e. The van der Waals surface area contributed by atoms with E-state index in [0.717, 1.165) is 11.1 Å². The quantitative estimate of drug-likeness (QED) is 0.760. The monoisotopic (exact) mass is 191 g/mol. The molecule has 1 rings (SSSR count). The van der Waals surface area contributed by atoms with Gasteiger partial charge in [-0.25, -0.2) is 0 Å². The van der Waals surface area contributed by atoms with E-state index in [9.17, 15) is 4.79 Å². The minimum atomic E-state index is -0.863. The molecule has 0 radical (unpaired) electrons. The van der Waals surface area contributed by atoms with E-state index in [1.54, 1.807) is 0 Å². The fourth-order valence-electron chi connectivity index (χ4n) is 1.16. The van der Waals surface area contributed by atoms with Gasteiger partial charge in [0.15, 0.2) is 0 Å². The number of hydrogen-bond donors (Lipinski definition) is 2. The number of rotatable bonds is 4. The lowest BCUT2D eigenvalue weighted by Crippen LogP contribution is -1.98. The van der Waals surface area contributed by atoms with Crippen molar-refractivity contribution in [2.75, 3.05) is 0 Å². The second-order valence-corrected chi connectivity index (χ2v) is 3.08. The number of hydrogen-bond acceptors (Lipinski definition) is 2. The Labute approximate surface area is 82.9 Å². The molecule has 3 heteroatoms. The second kappa shape index (κ2) is 4.58. The van der Waals surface area contributed by atoms with Crippen molar-refractivity contribution in [1.29, 1.82) is 0 Å². The summed E-state index contributed by atoms with van der Waals surface area (Å²) in [6.07, 6.45) is -0.0258. The van der Waals surface area contributed by atoms with Gasteiger partial charge in [-0.2, -0.15) is 0 Å². The molecule has 74 valence electrons. The van der Waals surface area contributed by atoms with Gasteiger partial charge in [-0.1, -0.05) is 30.8 Å². The van der Waals surface area contributed by atoms with Gasteiger partial charge in [0.05, 0.1) is 6.42 Å². The summed E-state index contributed by atoms with van der Waals surface area (Å²) < 4.78 is 0. The number of carboxylic acids is 1. The highest BCUT2D eigenvalue weighted by molar-refractivity contribution is 5.82. The Morgan fingerprint density at radius 3 is 2.36 bits per heavy atom. The van der Waals surface area contributed by atoms with Crippen molar-refractivity contribution in [2.45, 2.75) is 13.0 Å². The van der Waals surface area contributed by atoms with Crippen molar-refractivity contribution < 1.29 is 9.90 Å². The highest BCUT2D eigenvalue weighted by atomic mass is 16.4. The van der Waals surface area contributed by atoms with E-state index in [2.05, 4.69) is 6.58 Å². The average molecular weight is 191 g/mol. The normalized spacial score (nSPS) is 9.79. The lowest BCUT2D eigenvalue weighted by atomic mass is 10.0. The van der Waals surface area contributed by atoms with Crippen LogP contribution in [0.5, 0.6) is 0 Å². The second-order valence-electron chi connectivity index (χ2n) is 3.08. The zero-order valence-electron chi connectivity index (χ0n) is 7.86. The molecule has 0 fully saturated rings. The number of carboxylic acid groups (broad SMARTS) is 1. The van der Waals surface area contributed by atoms with E-state index in [1.807, 2.05) is 24.3 Å². The van der Waals surface area contributed by atoms with Crippen LogP contribution in [-0.2, 0) is 11.3 Å². The zero-order chi connectivity index (χ0) is 10.6. The van der Waals surface area contributed by atoms with Crippen molar-refractivity contribution in [3.8, 4) is 0 Å². The summed E-state index contributed by atoms with van der Waals surface area (Å²) in [5.41, 5.74) is 7.93. The van der Waals surface area contributed by atoms with Crippen molar-refractivity contribution in [3.63, 3.8) is 0 Å². The van der Waals surface area contributed by atoms with E-state index in [-0.39, 0.29) is 6.42 Å². The molecule has 0 aliphatic heterocycles. The number of benzene rings is 1. The van der Waals surface area contributed by atoms with Gasteiger partial charge < -0.3 is 10.8 Å². The van der Waals surface area contributed by atoms with Gasteiger partial charge in [-0.15, -0.1) is 0 Å². The van der Waals surface area contributed by atoms with Crippen LogP contribution in [0.2, 0.25) is 0 Å². The van der Waals surface area contributed by atoms with E-state index in [4.69, 9.17) is 10.8 Å². The molecule has 0 spiro atoms. The summed E-state index contributed by atoms with van der Waals surface area (Å²) in [7, 11) is 0. The first-order valence-electron chi connectivity index (χ1n) is 4.32. The van der Waals surface area contributed by atoms with Crippen LogP contribution in [0.4, 0.5) is 0 Å². The fourth-order valence-corrected chi connectivity index (χ4v) is 1.16. The molecule has 1 aromatic rings. The lowest BCUT2D eigenvalue weighted by Gasteiger charge is -2.03. The molecule has 0 bridgehead atoms. The van der Waals surface area contributed by atoms with Gasteiger partial charge in [-0.05, 0) is 16.7 Å². The van der Waals surface area contributed by atoms with Crippen molar-refractivity contribution >= 4 is 11.5 Å². The molecule has 0 heterocycles. The summed E-state index contributed by atoms with van der Waals surface area (Å²) in [5.74, 6) is -0.863. The zero-order valence-corrected chi connectivity index (χ0v) is 7.86. The van der Waals surface area contributed by atoms with Gasteiger partial charge in [0, 0.05) is 6.54 Å². The minimum Gasteiger partial charge on any atom is -0.481 e.